The predicted octanol–water partition coefficient (Wildman–Crippen LogP) is 4.95. The number of thioether (sulfide) groups is 1. The predicted molar refractivity (Wildman–Crippen MR) is 110 cm³/mol. The van der Waals surface area contributed by atoms with Gasteiger partial charge in [0.05, 0.1) is 12.1 Å². The molecular formula is C22H22N2O2S. The summed E-state index contributed by atoms with van der Waals surface area (Å²) in [7, 11) is 1.64. The Bertz CT molecular complexity index is 867. The van der Waals surface area contributed by atoms with Gasteiger partial charge < -0.3 is 10.1 Å². The molecule has 1 heterocycles. The van der Waals surface area contributed by atoms with Crippen molar-refractivity contribution in [3.05, 3.63) is 84.1 Å². The van der Waals surface area contributed by atoms with E-state index >= 15 is 0 Å². The number of nitrogens with zero attached hydrogens (tertiary/aromatic N) is 1. The van der Waals surface area contributed by atoms with Crippen molar-refractivity contribution in [3.63, 3.8) is 0 Å². The van der Waals surface area contributed by atoms with Gasteiger partial charge in [-0.3, -0.25) is 4.79 Å². The summed E-state index contributed by atoms with van der Waals surface area (Å²) in [5, 5.41) is 3.98. The summed E-state index contributed by atoms with van der Waals surface area (Å²) >= 11 is 1.68. The van der Waals surface area contributed by atoms with Crippen molar-refractivity contribution in [1.82, 2.24) is 4.98 Å². The molecule has 5 heteroatoms. The zero-order chi connectivity index (χ0) is 18.9. The topological polar surface area (TPSA) is 51.2 Å². The molecule has 0 unspecified atom stereocenters. The minimum Gasteiger partial charge on any atom is -0.497 e. The number of ether oxygens (including phenoxy) is 1. The molecule has 4 nitrogen and oxygen atoms in total. The Labute approximate surface area is 164 Å². The van der Waals surface area contributed by atoms with Crippen molar-refractivity contribution in [2.45, 2.75) is 23.6 Å². The van der Waals surface area contributed by atoms with E-state index in [9.17, 15) is 4.79 Å². The summed E-state index contributed by atoms with van der Waals surface area (Å²) < 4.78 is 5.15. The van der Waals surface area contributed by atoms with Crippen LogP contribution in [0, 0.1) is 0 Å². The number of nitrogens with one attached hydrogen (secondary N) is 1. The quantitative estimate of drug-likeness (QED) is 0.563. The SMILES string of the molecule is COc1ccc(CCC(=O)Nc2cccc(CSc3ccccn3)c2)cc1. The monoisotopic (exact) mass is 378 g/mol. The fourth-order valence-corrected chi connectivity index (χ4v) is 3.41. The Morgan fingerprint density at radius 2 is 1.89 bits per heavy atom. The maximum atomic E-state index is 12.2. The lowest BCUT2D eigenvalue weighted by atomic mass is 10.1. The first kappa shape index (κ1) is 19.0. The zero-order valence-corrected chi connectivity index (χ0v) is 16.0. The molecule has 0 bridgehead atoms. The van der Waals surface area contributed by atoms with Gasteiger partial charge in [0.15, 0.2) is 0 Å². The molecule has 0 saturated heterocycles. The number of pyridine rings is 1. The Morgan fingerprint density at radius 1 is 1.04 bits per heavy atom. The first-order chi connectivity index (χ1) is 13.2. The molecular weight excluding hydrogens is 356 g/mol. The van der Waals surface area contributed by atoms with Crippen LogP contribution in [-0.4, -0.2) is 18.0 Å². The first-order valence-electron chi connectivity index (χ1n) is 8.78. The van der Waals surface area contributed by atoms with Crippen molar-refractivity contribution in [2.24, 2.45) is 0 Å². The van der Waals surface area contributed by atoms with Gasteiger partial charge in [-0.25, -0.2) is 4.98 Å². The number of benzene rings is 2. The van der Waals surface area contributed by atoms with Crippen molar-refractivity contribution in [1.29, 1.82) is 0 Å². The summed E-state index contributed by atoms with van der Waals surface area (Å²) in [6.45, 7) is 0. The molecule has 0 radical (unpaired) electrons. The standard InChI is InChI=1S/C22H22N2O2S/c1-26-20-11-8-17(9-12-20)10-13-21(25)24-19-6-4-5-18(15-19)16-27-22-7-2-3-14-23-22/h2-9,11-12,14-15H,10,13,16H2,1H3,(H,24,25). The number of rotatable bonds is 8. The Morgan fingerprint density at radius 3 is 2.63 bits per heavy atom. The Balaban J connectivity index is 1.50. The lowest BCUT2D eigenvalue weighted by Gasteiger charge is -2.08. The van der Waals surface area contributed by atoms with Crippen LogP contribution in [-0.2, 0) is 17.0 Å². The van der Waals surface area contributed by atoms with E-state index in [1.165, 1.54) is 0 Å². The molecule has 0 aliphatic heterocycles. The summed E-state index contributed by atoms with van der Waals surface area (Å²) in [5.74, 6) is 1.65. The van der Waals surface area contributed by atoms with Crippen LogP contribution in [0.5, 0.6) is 5.75 Å². The number of anilines is 1. The van der Waals surface area contributed by atoms with E-state index in [2.05, 4.69) is 16.4 Å². The summed E-state index contributed by atoms with van der Waals surface area (Å²) in [6, 6.07) is 21.6. The van der Waals surface area contributed by atoms with E-state index in [-0.39, 0.29) is 5.91 Å². The Hall–Kier alpha value is -2.79. The van der Waals surface area contributed by atoms with Crippen LogP contribution in [0.3, 0.4) is 0 Å². The maximum Gasteiger partial charge on any atom is 0.224 e. The number of carbonyl (C=O) groups is 1. The van der Waals surface area contributed by atoms with E-state index in [1.54, 1.807) is 25.1 Å². The second-order valence-corrected chi connectivity index (χ2v) is 7.05. The molecule has 0 aliphatic rings. The van der Waals surface area contributed by atoms with Gasteiger partial charge in [0.2, 0.25) is 5.91 Å². The lowest BCUT2D eigenvalue weighted by molar-refractivity contribution is -0.116. The number of methoxy groups -OCH3 is 1. The van der Waals surface area contributed by atoms with Gasteiger partial charge in [-0.05, 0) is 53.9 Å². The van der Waals surface area contributed by atoms with Crippen LogP contribution in [0.4, 0.5) is 5.69 Å². The van der Waals surface area contributed by atoms with Crippen molar-refractivity contribution in [3.8, 4) is 5.75 Å². The van der Waals surface area contributed by atoms with Crippen LogP contribution in [0.15, 0.2) is 78.0 Å². The second kappa shape index (κ2) is 9.78. The normalized spacial score (nSPS) is 10.4. The molecule has 0 saturated carbocycles. The highest BCUT2D eigenvalue weighted by atomic mass is 32.2. The number of aromatic nitrogens is 1. The highest BCUT2D eigenvalue weighted by molar-refractivity contribution is 7.98. The van der Waals surface area contributed by atoms with Crippen LogP contribution in [0.25, 0.3) is 0 Å². The van der Waals surface area contributed by atoms with Gasteiger partial charge in [0.25, 0.3) is 0 Å². The van der Waals surface area contributed by atoms with E-state index in [1.807, 2.05) is 60.7 Å². The summed E-state index contributed by atoms with van der Waals surface area (Å²) in [6.07, 6.45) is 2.94. The largest absolute Gasteiger partial charge is 0.497 e. The highest BCUT2D eigenvalue weighted by Gasteiger charge is 2.05. The van der Waals surface area contributed by atoms with Crippen LogP contribution < -0.4 is 10.1 Å². The number of carbonyl (C=O) groups excluding carboxylic acids is 1. The molecule has 138 valence electrons. The fourth-order valence-electron chi connectivity index (χ4n) is 2.60. The molecule has 3 aromatic rings. The minimum atomic E-state index is 0.0142. The van der Waals surface area contributed by atoms with Crippen LogP contribution in [0.1, 0.15) is 17.5 Å². The van der Waals surface area contributed by atoms with Crippen molar-refractivity contribution >= 4 is 23.4 Å². The number of aryl methyl sites for hydroxylation is 1. The fraction of sp³-hybridized carbons (Fsp3) is 0.182. The third kappa shape index (κ3) is 6.15. The third-order valence-corrected chi connectivity index (χ3v) is 5.05. The van der Waals surface area contributed by atoms with Gasteiger partial charge in [-0.15, -0.1) is 11.8 Å². The zero-order valence-electron chi connectivity index (χ0n) is 15.2. The molecule has 2 aromatic carbocycles. The van der Waals surface area contributed by atoms with Gasteiger partial charge in [0, 0.05) is 24.1 Å². The molecule has 1 aromatic heterocycles. The number of amides is 1. The molecule has 0 fully saturated rings. The highest BCUT2D eigenvalue weighted by Crippen LogP contribution is 2.22. The van der Waals surface area contributed by atoms with Gasteiger partial charge in [0.1, 0.15) is 5.75 Å². The van der Waals surface area contributed by atoms with E-state index < -0.39 is 0 Å². The van der Waals surface area contributed by atoms with E-state index in [0.717, 1.165) is 33.3 Å². The van der Waals surface area contributed by atoms with Crippen molar-refractivity contribution < 1.29 is 9.53 Å². The Kier molecular flexibility index (Phi) is 6.88. The molecule has 0 aliphatic carbocycles. The van der Waals surface area contributed by atoms with E-state index in [0.29, 0.717) is 12.8 Å². The maximum absolute atomic E-state index is 12.2. The summed E-state index contributed by atoms with van der Waals surface area (Å²) in [5.41, 5.74) is 3.10. The molecule has 0 atom stereocenters. The second-order valence-electron chi connectivity index (χ2n) is 6.05. The molecule has 27 heavy (non-hydrogen) atoms. The number of hydrogen-bond donors (Lipinski definition) is 1. The molecule has 3 rings (SSSR count). The lowest BCUT2D eigenvalue weighted by Crippen LogP contribution is -2.12. The third-order valence-electron chi connectivity index (χ3n) is 4.04. The van der Waals surface area contributed by atoms with Crippen LogP contribution >= 0.6 is 11.8 Å². The minimum absolute atomic E-state index is 0.0142. The molecule has 1 amide bonds. The van der Waals surface area contributed by atoms with E-state index in [4.69, 9.17) is 4.74 Å². The smallest absolute Gasteiger partial charge is 0.224 e. The van der Waals surface area contributed by atoms with Crippen LogP contribution in [0.2, 0.25) is 0 Å². The van der Waals surface area contributed by atoms with Crippen molar-refractivity contribution in [2.75, 3.05) is 12.4 Å². The average Bonchev–Trinajstić information content (AvgIpc) is 2.72. The number of hydrogen-bond acceptors (Lipinski definition) is 4. The molecule has 1 N–H and O–H groups in total. The average molecular weight is 378 g/mol. The molecule has 0 spiro atoms. The summed E-state index contributed by atoms with van der Waals surface area (Å²) in [4.78, 5) is 16.6. The van der Waals surface area contributed by atoms with Gasteiger partial charge >= 0.3 is 0 Å². The van der Waals surface area contributed by atoms with Gasteiger partial charge in [-0.1, -0.05) is 30.3 Å². The van der Waals surface area contributed by atoms with Gasteiger partial charge in [-0.2, -0.15) is 0 Å². The first-order valence-corrected chi connectivity index (χ1v) is 9.77.